The Bertz CT molecular complexity index is 122. The average molecular weight is 199 g/mol. The van der Waals surface area contributed by atoms with Gasteiger partial charge in [0.25, 0.3) is 0 Å². The van der Waals surface area contributed by atoms with Crippen LogP contribution in [0.25, 0.3) is 0 Å². The Hall–Kier alpha value is 0.500. The van der Waals surface area contributed by atoms with Crippen molar-refractivity contribution in [3.05, 3.63) is 0 Å². The van der Waals surface area contributed by atoms with E-state index in [1.165, 1.54) is 0 Å². The SMILES string of the molecule is CCCC(Cl)(Cl)C1OCCO1. The van der Waals surface area contributed by atoms with E-state index >= 15 is 0 Å². The number of halogens is 2. The molecule has 0 aromatic carbocycles. The molecule has 0 saturated carbocycles. The molecule has 0 amide bonds. The molecule has 0 aromatic rings. The van der Waals surface area contributed by atoms with E-state index in [1.54, 1.807) is 0 Å². The van der Waals surface area contributed by atoms with Crippen molar-refractivity contribution >= 4 is 23.2 Å². The van der Waals surface area contributed by atoms with Gasteiger partial charge >= 0.3 is 0 Å². The lowest BCUT2D eigenvalue weighted by Crippen LogP contribution is -2.31. The Labute approximate surface area is 76.8 Å². The fourth-order valence-corrected chi connectivity index (χ4v) is 1.68. The van der Waals surface area contributed by atoms with Gasteiger partial charge in [0.1, 0.15) is 0 Å². The van der Waals surface area contributed by atoms with Crippen LogP contribution >= 0.6 is 23.2 Å². The van der Waals surface area contributed by atoms with Crippen LogP contribution in [0.15, 0.2) is 0 Å². The summed E-state index contributed by atoms with van der Waals surface area (Å²) >= 11 is 11.9. The van der Waals surface area contributed by atoms with Crippen molar-refractivity contribution in [2.75, 3.05) is 13.2 Å². The van der Waals surface area contributed by atoms with Gasteiger partial charge in [-0.3, -0.25) is 0 Å². The molecule has 0 aromatic heterocycles. The van der Waals surface area contributed by atoms with Gasteiger partial charge in [-0.05, 0) is 6.42 Å². The zero-order valence-electron chi connectivity index (χ0n) is 6.48. The number of ether oxygens (including phenoxy) is 2. The number of hydrogen-bond donors (Lipinski definition) is 0. The van der Waals surface area contributed by atoms with E-state index < -0.39 is 10.6 Å². The summed E-state index contributed by atoms with van der Waals surface area (Å²) in [4.78, 5) is 0. The van der Waals surface area contributed by atoms with Gasteiger partial charge in [0, 0.05) is 0 Å². The normalized spacial score (nSPS) is 21.0. The van der Waals surface area contributed by atoms with Crippen LogP contribution in [-0.4, -0.2) is 23.8 Å². The lowest BCUT2D eigenvalue weighted by atomic mass is 10.2. The summed E-state index contributed by atoms with van der Waals surface area (Å²) in [5, 5.41) is 0. The van der Waals surface area contributed by atoms with Gasteiger partial charge in [-0.25, -0.2) is 0 Å². The van der Waals surface area contributed by atoms with E-state index in [2.05, 4.69) is 0 Å². The fourth-order valence-electron chi connectivity index (χ4n) is 1.05. The second-order valence-electron chi connectivity index (χ2n) is 2.58. The van der Waals surface area contributed by atoms with Crippen molar-refractivity contribution in [3.63, 3.8) is 0 Å². The summed E-state index contributed by atoms with van der Waals surface area (Å²) in [6, 6.07) is 0. The smallest absolute Gasteiger partial charge is 0.190 e. The van der Waals surface area contributed by atoms with Crippen LogP contribution in [0.2, 0.25) is 0 Å². The average Bonchev–Trinajstić information content (AvgIpc) is 2.37. The number of rotatable bonds is 3. The summed E-state index contributed by atoms with van der Waals surface area (Å²) in [5.41, 5.74) is 0. The lowest BCUT2D eigenvalue weighted by Gasteiger charge is -2.23. The van der Waals surface area contributed by atoms with Crippen molar-refractivity contribution < 1.29 is 9.47 Å². The van der Waals surface area contributed by atoms with Gasteiger partial charge in [-0.1, -0.05) is 36.5 Å². The third kappa shape index (κ3) is 2.48. The van der Waals surface area contributed by atoms with Gasteiger partial charge in [-0.15, -0.1) is 0 Å². The molecule has 0 bridgehead atoms. The van der Waals surface area contributed by atoms with Crippen LogP contribution in [0.1, 0.15) is 19.8 Å². The van der Waals surface area contributed by atoms with E-state index in [9.17, 15) is 0 Å². The fraction of sp³-hybridized carbons (Fsp3) is 1.00. The minimum absolute atomic E-state index is 0.439. The predicted molar refractivity (Wildman–Crippen MR) is 45.0 cm³/mol. The molecule has 66 valence electrons. The van der Waals surface area contributed by atoms with E-state index in [0.717, 1.165) is 6.42 Å². The summed E-state index contributed by atoms with van der Waals surface area (Å²) in [6.45, 7) is 3.21. The van der Waals surface area contributed by atoms with Crippen LogP contribution in [0, 0.1) is 0 Å². The molecule has 0 atom stereocenters. The summed E-state index contributed by atoms with van der Waals surface area (Å²) in [6.07, 6.45) is 1.18. The first kappa shape index (κ1) is 9.59. The van der Waals surface area contributed by atoms with Gasteiger partial charge in [0.2, 0.25) is 0 Å². The van der Waals surface area contributed by atoms with E-state index in [1.807, 2.05) is 6.92 Å². The molecule has 2 nitrogen and oxygen atoms in total. The van der Waals surface area contributed by atoms with Crippen molar-refractivity contribution in [2.45, 2.75) is 30.4 Å². The maximum atomic E-state index is 5.96. The Morgan fingerprint density at radius 3 is 2.36 bits per heavy atom. The molecule has 0 N–H and O–H groups in total. The molecule has 1 aliphatic rings. The summed E-state index contributed by atoms with van der Waals surface area (Å²) in [5.74, 6) is 0. The first-order valence-electron chi connectivity index (χ1n) is 3.78. The highest BCUT2D eigenvalue weighted by atomic mass is 35.5. The van der Waals surface area contributed by atoms with E-state index in [-0.39, 0.29) is 0 Å². The van der Waals surface area contributed by atoms with Crippen molar-refractivity contribution in [2.24, 2.45) is 0 Å². The zero-order valence-corrected chi connectivity index (χ0v) is 7.99. The Morgan fingerprint density at radius 2 is 1.91 bits per heavy atom. The van der Waals surface area contributed by atoms with Gasteiger partial charge in [0.15, 0.2) is 10.6 Å². The highest BCUT2D eigenvalue weighted by molar-refractivity contribution is 6.48. The standard InChI is InChI=1S/C7H12Cl2O2/c1-2-3-7(8,9)6-10-4-5-11-6/h6H,2-5H2,1H3. The second-order valence-corrected chi connectivity index (χ2v) is 4.13. The third-order valence-corrected chi connectivity index (χ3v) is 2.28. The number of alkyl halides is 2. The van der Waals surface area contributed by atoms with Crippen LogP contribution < -0.4 is 0 Å². The highest BCUT2D eigenvalue weighted by Crippen LogP contribution is 2.34. The molecule has 0 aliphatic carbocycles. The maximum Gasteiger partial charge on any atom is 0.190 e. The summed E-state index contributed by atoms with van der Waals surface area (Å²) in [7, 11) is 0. The lowest BCUT2D eigenvalue weighted by molar-refractivity contribution is -0.0543. The van der Waals surface area contributed by atoms with E-state index in [0.29, 0.717) is 19.6 Å². The van der Waals surface area contributed by atoms with Crippen molar-refractivity contribution in [1.82, 2.24) is 0 Å². The molecule has 1 saturated heterocycles. The largest absolute Gasteiger partial charge is 0.347 e. The molecule has 0 radical (unpaired) electrons. The molecular formula is C7H12Cl2O2. The van der Waals surface area contributed by atoms with Gasteiger partial charge < -0.3 is 9.47 Å². The molecular weight excluding hydrogens is 187 g/mol. The highest BCUT2D eigenvalue weighted by Gasteiger charge is 2.38. The molecule has 1 heterocycles. The Balaban J connectivity index is 2.41. The van der Waals surface area contributed by atoms with Gasteiger partial charge in [0.05, 0.1) is 13.2 Å². The maximum absolute atomic E-state index is 5.96. The molecule has 0 unspecified atom stereocenters. The first-order valence-corrected chi connectivity index (χ1v) is 4.53. The number of hydrogen-bond acceptors (Lipinski definition) is 2. The monoisotopic (exact) mass is 198 g/mol. The second kappa shape index (κ2) is 3.94. The zero-order chi connectivity index (χ0) is 8.32. The molecule has 0 spiro atoms. The van der Waals surface area contributed by atoms with Gasteiger partial charge in [-0.2, -0.15) is 0 Å². The minimum atomic E-state index is -0.870. The molecule has 1 rings (SSSR count). The molecule has 1 fully saturated rings. The Kier molecular flexibility index (Phi) is 3.44. The van der Waals surface area contributed by atoms with Crippen LogP contribution in [0.5, 0.6) is 0 Å². The topological polar surface area (TPSA) is 18.5 Å². The molecule has 4 heteroatoms. The van der Waals surface area contributed by atoms with Crippen molar-refractivity contribution in [3.8, 4) is 0 Å². The van der Waals surface area contributed by atoms with Crippen LogP contribution in [-0.2, 0) is 9.47 Å². The van der Waals surface area contributed by atoms with Crippen molar-refractivity contribution in [1.29, 1.82) is 0 Å². The van der Waals surface area contributed by atoms with Crippen LogP contribution in [0.4, 0.5) is 0 Å². The molecule has 11 heavy (non-hydrogen) atoms. The summed E-state index contributed by atoms with van der Waals surface area (Å²) < 4.78 is 9.50. The molecule has 1 aliphatic heterocycles. The quantitative estimate of drug-likeness (QED) is 0.649. The Morgan fingerprint density at radius 1 is 1.36 bits per heavy atom. The van der Waals surface area contributed by atoms with E-state index in [4.69, 9.17) is 32.7 Å². The predicted octanol–water partition coefficient (Wildman–Crippen LogP) is 2.33. The minimum Gasteiger partial charge on any atom is -0.347 e. The first-order chi connectivity index (χ1) is 5.17. The van der Waals surface area contributed by atoms with Crippen LogP contribution in [0.3, 0.4) is 0 Å². The third-order valence-electron chi connectivity index (χ3n) is 1.55.